The van der Waals surface area contributed by atoms with Gasteiger partial charge in [-0.3, -0.25) is 9.69 Å². The first-order valence-corrected chi connectivity index (χ1v) is 8.01. The number of carboxylic acid groups (broad SMARTS) is 1. The molecule has 1 rings (SSSR count). The van der Waals surface area contributed by atoms with Crippen LogP contribution in [0, 0.1) is 0 Å². The van der Waals surface area contributed by atoms with Gasteiger partial charge in [-0.25, -0.2) is 0 Å². The summed E-state index contributed by atoms with van der Waals surface area (Å²) >= 11 is 0. The van der Waals surface area contributed by atoms with E-state index in [0.717, 1.165) is 17.4 Å². The zero-order valence-electron chi connectivity index (χ0n) is 11.9. The molecule has 9 heteroatoms. The highest BCUT2D eigenvalue weighted by Crippen LogP contribution is 2.02. The van der Waals surface area contributed by atoms with Gasteiger partial charge < -0.3 is 9.84 Å². The smallest absolute Gasteiger partial charge is 0.304 e. The SMILES string of the molecule is CC(CN1CCOCC1)NS(=O)(=O)N(C)CCC(=O)O. The normalized spacial score (nSPS) is 19.1. The van der Waals surface area contributed by atoms with E-state index in [0.29, 0.717) is 19.8 Å². The van der Waals surface area contributed by atoms with Gasteiger partial charge in [0.2, 0.25) is 0 Å². The van der Waals surface area contributed by atoms with Gasteiger partial charge in [-0.2, -0.15) is 17.4 Å². The number of hydrogen-bond acceptors (Lipinski definition) is 5. The Bertz CT molecular complexity index is 408. The van der Waals surface area contributed by atoms with E-state index < -0.39 is 16.2 Å². The van der Waals surface area contributed by atoms with Crippen molar-refractivity contribution in [3.05, 3.63) is 0 Å². The summed E-state index contributed by atoms with van der Waals surface area (Å²) in [7, 11) is -2.28. The van der Waals surface area contributed by atoms with Gasteiger partial charge in [0, 0.05) is 39.3 Å². The van der Waals surface area contributed by atoms with Crippen LogP contribution in [-0.4, -0.2) is 81.2 Å². The molecule has 8 nitrogen and oxygen atoms in total. The van der Waals surface area contributed by atoms with E-state index in [9.17, 15) is 13.2 Å². The van der Waals surface area contributed by atoms with E-state index in [1.807, 2.05) is 0 Å². The van der Waals surface area contributed by atoms with Crippen molar-refractivity contribution in [1.82, 2.24) is 13.9 Å². The maximum absolute atomic E-state index is 12.0. The van der Waals surface area contributed by atoms with Crippen molar-refractivity contribution >= 4 is 16.2 Å². The predicted octanol–water partition coefficient (Wildman–Crippen LogP) is -1.05. The number of aliphatic carboxylic acids is 1. The predicted molar refractivity (Wildman–Crippen MR) is 73.7 cm³/mol. The first-order valence-electron chi connectivity index (χ1n) is 6.57. The van der Waals surface area contributed by atoms with Crippen molar-refractivity contribution in [3.63, 3.8) is 0 Å². The summed E-state index contributed by atoms with van der Waals surface area (Å²) in [6.45, 7) is 5.26. The minimum Gasteiger partial charge on any atom is -0.481 e. The van der Waals surface area contributed by atoms with Gasteiger partial charge in [0.15, 0.2) is 0 Å². The largest absolute Gasteiger partial charge is 0.481 e. The highest BCUT2D eigenvalue weighted by molar-refractivity contribution is 7.87. The summed E-state index contributed by atoms with van der Waals surface area (Å²) in [5.41, 5.74) is 0. The van der Waals surface area contributed by atoms with Crippen molar-refractivity contribution < 1.29 is 23.1 Å². The molecule has 0 aromatic carbocycles. The minimum absolute atomic E-state index is 0.0467. The molecular formula is C11H23N3O5S. The highest BCUT2D eigenvalue weighted by Gasteiger charge is 2.22. The van der Waals surface area contributed by atoms with Gasteiger partial charge in [0.25, 0.3) is 10.2 Å². The third-order valence-electron chi connectivity index (χ3n) is 3.04. The zero-order chi connectivity index (χ0) is 15.2. The molecule has 2 N–H and O–H groups in total. The van der Waals surface area contributed by atoms with Crippen LogP contribution < -0.4 is 4.72 Å². The van der Waals surface area contributed by atoms with Gasteiger partial charge in [-0.05, 0) is 6.92 Å². The Morgan fingerprint density at radius 3 is 2.60 bits per heavy atom. The second kappa shape index (κ2) is 7.89. The summed E-state index contributed by atoms with van der Waals surface area (Å²) in [4.78, 5) is 12.6. The van der Waals surface area contributed by atoms with Crippen molar-refractivity contribution in [2.75, 3.05) is 46.4 Å². The zero-order valence-corrected chi connectivity index (χ0v) is 12.7. The molecule has 0 saturated carbocycles. The second-order valence-electron chi connectivity index (χ2n) is 4.90. The Balaban J connectivity index is 2.41. The van der Waals surface area contributed by atoms with Crippen LogP contribution in [0.4, 0.5) is 0 Å². The number of rotatable bonds is 8. The van der Waals surface area contributed by atoms with Gasteiger partial charge in [0.1, 0.15) is 0 Å². The van der Waals surface area contributed by atoms with Crippen molar-refractivity contribution in [3.8, 4) is 0 Å². The fraction of sp³-hybridized carbons (Fsp3) is 0.909. The Morgan fingerprint density at radius 2 is 2.05 bits per heavy atom. The average Bonchev–Trinajstić information content (AvgIpc) is 2.36. The lowest BCUT2D eigenvalue weighted by Crippen LogP contribution is -2.49. The average molecular weight is 309 g/mol. The van der Waals surface area contributed by atoms with E-state index >= 15 is 0 Å². The van der Waals surface area contributed by atoms with Gasteiger partial charge in [0.05, 0.1) is 19.6 Å². The molecular weight excluding hydrogens is 286 g/mol. The maximum Gasteiger partial charge on any atom is 0.304 e. The van der Waals surface area contributed by atoms with Crippen molar-refractivity contribution in [2.45, 2.75) is 19.4 Å². The fourth-order valence-corrected chi connectivity index (χ4v) is 3.02. The summed E-state index contributed by atoms with van der Waals surface area (Å²) in [6, 6.07) is -0.245. The van der Waals surface area contributed by atoms with E-state index in [1.165, 1.54) is 7.05 Å². The standard InChI is InChI=1S/C11H23N3O5S/c1-10(9-14-5-7-19-8-6-14)12-20(17,18)13(2)4-3-11(15)16/h10,12H,3-9H2,1-2H3,(H,15,16). The van der Waals surface area contributed by atoms with Crippen LogP contribution in [0.25, 0.3) is 0 Å². The molecule has 20 heavy (non-hydrogen) atoms. The summed E-state index contributed by atoms with van der Waals surface area (Å²) in [5, 5.41) is 8.57. The maximum atomic E-state index is 12.0. The lowest BCUT2D eigenvalue weighted by Gasteiger charge is -2.30. The first kappa shape index (κ1) is 17.3. The van der Waals surface area contributed by atoms with Gasteiger partial charge in [-0.15, -0.1) is 0 Å². The van der Waals surface area contributed by atoms with E-state index in [1.54, 1.807) is 6.92 Å². The molecule has 118 valence electrons. The molecule has 1 atom stereocenters. The topological polar surface area (TPSA) is 99.2 Å². The van der Waals surface area contributed by atoms with E-state index in [-0.39, 0.29) is 19.0 Å². The number of morpholine rings is 1. The van der Waals surface area contributed by atoms with Crippen molar-refractivity contribution in [1.29, 1.82) is 0 Å². The van der Waals surface area contributed by atoms with Crippen LogP contribution in [0.3, 0.4) is 0 Å². The van der Waals surface area contributed by atoms with Crippen LogP contribution in [0.1, 0.15) is 13.3 Å². The monoisotopic (exact) mass is 309 g/mol. The lowest BCUT2D eigenvalue weighted by atomic mass is 10.3. The number of carbonyl (C=O) groups is 1. The number of ether oxygens (including phenoxy) is 1. The third-order valence-corrected chi connectivity index (χ3v) is 4.74. The molecule has 0 bridgehead atoms. The Labute approximate surface area is 119 Å². The molecule has 0 spiro atoms. The summed E-state index contributed by atoms with van der Waals surface area (Å²) < 4.78 is 32.8. The number of nitrogens with one attached hydrogen (secondary N) is 1. The molecule has 1 fully saturated rings. The Kier molecular flexibility index (Phi) is 6.83. The van der Waals surface area contributed by atoms with Crippen LogP contribution in [0.5, 0.6) is 0 Å². The highest BCUT2D eigenvalue weighted by atomic mass is 32.2. The Morgan fingerprint density at radius 1 is 1.45 bits per heavy atom. The second-order valence-corrected chi connectivity index (χ2v) is 6.71. The Hall–Kier alpha value is -0.740. The molecule has 0 aliphatic carbocycles. The molecule has 0 aromatic heterocycles. The quantitative estimate of drug-likeness (QED) is 0.593. The summed E-state index contributed by atoms with van der Waals surface area (Å²) in [5.74, 6) is -1.02. The van der Waals surface area contributed by atoms with Crippen LogP contribution in [0.2, 0.25) is 0 Å². The fourth-order valence-electron chi connectivity index (χ4n) is 1.93. The molecule has 1 aliphatic rings. The molecule has 1 unspecified atom stereocenters. The van der Waals surface area contributed by atoms with Gasteiger partial charge >= 0.3 is 5.97 Å². The summed E-state index contributed by atoms with van der Waals surface area (Å²) in [6.07, 6.45) is -0.213. The number of carboxylic acids is 1. The molecule has 1 saturated heterocycles. The lowest BCUT2D eigenvalue weighted by molar-refractivity contribution is -0.137. The molecule has 1 aliphatic heterocycles. The van der Waals surface area contributed by atoms with Crippen LogP contribution >= 0.6 is 0 Å². The van der Waals surface area contributed by atoms with E-state index in [4.69, 9.17) is 9.84 Å². The van der Waals surface area contributed by atoms with Crippen LogP contribution in [0.15, 0.2) is 0 Å². The number of nitrogens with zero attached hydrogens (tertiary/aromatic N) is 2. The van der Waals surface area contributed by atoms with Gasteiger partial charge in [-0.1, -0.05) is 0 Å². The van der Waals surface area contributed by atoms with Crippen LogP contribution in [-0.2, 0) is 19.7 Å². The van der Waals surface area contributed by atoms with Crippen molar-refractivity contribution in [2.24, 2.45) is 0 Å². The molecule has 1 heterocycles. The number of hydrogen-bond donors (Lipinski definition) is 2. The molecule has 0 radical (unpaired) electrons. The third kappa shape index (κ3) is 6.14. The first-order chi connectivity index (χ1) is 9.31. The molecule has 0 aromatic rings. The molecule has 0 amide bonds. The minimum atomic E-state index is -3.64. The van der Waals surface area contributed by atoms with E-state index in [2.05, 4.69) is 9.62 Å².